The van der Waals surface area contributed by atoms with Crippen molar-refractivity contribution in [3.05, 3.63) is 48.9 Å². The molecule has 0 radical (unpaired) electrons. The van der Waals surface area contributed by atoms with E-state index in [-0.39, 0.29) is 21.4 Å². The lowest BCUT2D eigenvalue weighted by molar-refractivity contribution is 0.0998. The Bertz CT molecular complexity index is 796. The number of phenols is 1. The molecule has 0 aliphatic carbocycles. The summed E-state index contributed by atoms with van der Waals surface area (Å²) in [6, 6.07) is 4.23. The second-order valence-corrected chi connectivity index (χ2v) is 4.58. The van der Waals surface area contributed by atoms with Crippen LogP contribution in [0, 0.1) is 0 Å². The first kappa shape index (κ1) is 13.9. The molecule has 0 atom stereocenters. The summed E-state index contributed by atoms with van der Waals surface area (Å²) in [5, 5.41) is 16.7. The molecule has 6 N–H and O–H groups in total. The normalized spacial score (nSPS) is 10.2. The molecule has 9 heteroatoms. The van der Waals surface area contributed by atoms with Crippen molar-refractivity contribution in [3.63, 3.8) is 0 Å². The molecule has 104 valence electrons. The van der Waals surface area contributed by atoms with Crippen molar-refractivity contribution >= 4 is 33.2 Å². The van der Waals surface area contributed by atoms with Gasteiger partial charge in [-0.2, -0.15) is 0 Å². The van der Waals surface area contributed by atoms with Gasteiger partial charge in [0.15, 0.2) is 5.75 Å². The smallest absolute Gasteiger partial charge is 0.287 e. The Hall–Kier alpha value is -2.55. The minimum absolute atomic E-state index is 0.0369. The molecule has 0 fully saturated rings. The largest absolute Gasteiger partial charge is 0.505 e. The Labute approximate surface area is 119 Å². The van der Waals surface area contributed by atoms with Crippen molar-refractivity contribution in [2.24, 2.45) is 5.73 Å². The molecule has 1 aromatic carbocycles. The molecule has 2 aromatic rings. The monoisotopic (exact) mass is 340 g/mol. The van der Waals surface area contributed by atoms with Crippen molar-refractivity contribution in [2.75, 3.05) is 5.32 Å². The summed E-state index contributed by atoms with van der Waals surface area (Å²) in [6.45, 7) is 0. The maximum atomic E-state index is 11.6. The van der Waals surface area contributed by atoms with E-state index in [0.29, 0.717) is 0 Å². The number of aromatic hydroxyl groups is 1. The topological polar surface area (TPSA) is 141 Å². The number of rotatable bonds is 3. The van der Waals surface area contributed by atoms with E-state index < -0.39 is 22.8 Å². The Morgan fingerprint density at radius 3 is 2.55 bits per heavy atom. The van der Waals surface area contributed by atoms with E-state index in [1.165, 1.54) is 18.2 Å². The number of H-pyrrole nitrogens is 2. The zero-order valence-electron chi connectivity index (χ0n) is 9.86. The van der Waals surface area contributed by atoms with E-state index in [1.807, 2.05) is 0 Å². The third-order valence-corrected chi connectivity index (χ3v) is 3.25. The van der Waals surface area contributed by atoms with E-state index >= 15 is 0 Å². The molecule has 1 heterocycles. The number of primary amides is 1. The molecular formula is C11H9BrN4O4. The van der Waals surface area contributed by atoms with Gasteiger partial charge in [0.2, 0.25) is 0 Å². The second kappa shape index (κ2) is 5.21. The summed E-state index contributed by atoms with van der Waals surface area (Å²) >= 11 is 2.96. The maximum Gasteiger partial charge on any atom is 0.287 e. The molecule has 0 spiro atoms. The lowest BCUT2D eigenvalue weighted by Crippen LogP contribution is -2.22. The summed E-state index contributed by atoms with van der Waals surface area (Å²) in [5.41, 5.74) is 3.79. The molecule has 0 aliphatic heterocycles. The highest BCUT2D eigenvalue weighted by Gasteiger charge is 2.15. The van der Waals surface area contributed by atoms with E-state index in [9.17, 15) is 19.5 Å². The number of nitrogens with one attached hydrogen (secondary N) is 3. The van der Waals surface area contributed by atoms with Gasteiger partial charge < -0.3 is 16.2 Å². The summed E-state index contributed by atoms with van der Waals surface area (Å²) in [6.07, 6.45) is 0. The zero-order valence-corrected chi connectivity index (χ0v) is 11.4. The van der Waals surface area contributed by atoms with E-state index in [0.717, 1.165) is 0 Å². The molecule has 8 nitrogen and oxygen atoms in total. The Kier molecular flexibility index (Phi) is 3.61. The van der Waals surface area contributed by atoms with Gasteiger partial charge >= 0.3 is 0 Å². The van der Waals surface area contributed by atoms with Gasteiger partial charge in [0.05, 0.1) is 11.3 Å². The van der Waals surface area contributed by atoms with Crippen LogP contribution < -0.4 is 22.2 Å². The molecule has 0 saturated carbocycles. The minimum atomic E-state index is -0.815. The van der Waals surface area contributed by atoms with Gasteiger partial charge in [-0.3, -0.25) is 24.6 Å². The summed E-state index contributed by atoms with van der Waals surface area (Å²) in [4.78, 5) is 34.1. The first-order chi connectivity index (χ1) is 9.41. The number of aromatic nitrogens is 2. The fourth-order valence-electron chi connectivity index (χ4n) is 1.53. The number of para-hydroxylation sites is 1. The fraction of sp³-hybridized carbons (Fsp3) is 0. The van der Waals surface area contributed by atoms with Gasteiger partial charge in [-0.15, -0.1) is 0 Å². The molecule has 1 amide bonds. The summed E-state index contributed by atoms with van der Waals surface area (Å²) < 4.78 is -0.0369. The lowest BCUT2D eigenvalue weighted by Gasteiger charge is -2.10. The van der Waals surface area contributed by atoms with Crippen LogP contribution in [0.3, 0.4) is 0 Å². The number of benzene rings is 1. The van der Waals surface area contributed by atoms with Crippen molar-refractivity contribution in [2.45, 2.75) is 0 Å². The maximum absolute atomic E-state index is 11.6. The van der Waals surface area contributed by atoms with Crippen LogP contribution in [0.4, 0.5) is 11.4 Å². The fourth-order valence-corrected chi connectivity index (χ4v) is 1.91. The summed E-state index contributed by atoms with van der Waals surface area (Å²) in [7, 11) is 0. The van der Waals surface area contributed by atoms with Gasteiger partial charge in [0, 0.05) is 0 Å². The number of nitrogens with two attached hydrogens (primary N) is 1. The van der Waals surface area contributed by atoms with Crippen LogP contribution in [0.5, 0.6) is 5.75 Å². The summed E-state index contributed by atoms with van der Waals surface area (Å²) in [5.74, 6) is -1.23. The number of aromatic amines is 2. The van der Waals surface area contributed by atoms with Crippen LogP contribution in [0.2, 0.25) is 0 Å². The van der Waals surface area contributed by atoms with Gasteiger partial charge in [-0.25, -0.2) is 0 Å². The number of hydrogen-bond donors (Lipinski definition) is 5. The van der Waals surface area contributed by atoms with Gasteiger partial charge in [-0.05, 0) is 28.1 Å². The van der Waals surface area contributed by atoms with E-state index in [1.54, 1.807) is 0 Å². The minimum Gasteiger partial charge on any atom is -0.505 e. The molecule has 0 unspecified atom stereocenters. The number of carbonyl (C=O) groups is 1. The van der Waals surface area contributed by atoms with E-state index in [2.05, 4.69) is 31.4 Å². The van der Waals surface area contributed by atoms with Crippen molar-refractivity contribution in [1.29, 1.82) is 0 Å². The van der Waals surface area contributed by atoms with Crippen molar-refractivity contribution in [1.82, 2.24) is 10.2 Å². The van der Waals surface area contributed by atoms with Crippen molar-refractivity contribution in [3.8, 4) is 5.75 Å². The van der Waals surface area contributed by atoms with Crippen molar-refractivity contribution < 1.29 is 9.90 Å². The average Bonchev–Trinajstić information content (AvgIpc) is 2.40. The molecule has 0 saturated heterocycles. The number of halogens is 1. The molecule has 2 rings (SSSR count). The molecular weight excluding hydrogens is 332 g/mol. The van der Waals surface area contributed by atoms with Crippen LogP contribution >= 0.6 is 15.9 Å². The molecule has 1 aromatic heterocycles. The quantitative estimate of drug-likeness (QED) is 0.513. The Morgan fingerprint density at radius 1 is 1.25 bits per heavy atom. The third-order valence-electron chi connectivity index (χ3n) is 2.50. The second-order valence-electron chi connectivity index (χ2n) is 3.79. The SMILES string of the molecule is NC(=O)c1cccc(Nc2c(Br)c(=O)[nH][nH]c2=O)c1O. The molecule has 0 aliphatic rings. The highest BCUT2D eigenvalue weighted by atomic mass is 79.9. The highest BCUT2D eigenvalue weighted by molar-refractivity contribution is 9.10. The van der Waals surface area contributed by atoms with E-state index in [4.69, 9.17) is 5.73 Å². The molecule has 0 bridgehead atoms. The Balaban J connectivity index is 2.54. The first-order valence-corrected chi connectivity index (χ1v) is 6.10. The predicted molar refractivity (Wildman–Crippen MR) is 75.3 cm³/mol. The highest BCUT2D eigenvalue weighted by Crippen LogP contribution is 2.30. The van der Waals surface area contributed by atoms with Crippen LogP contribution in [-0.4, -0.2) is 21.2 Å². The third kappa shape index (κ3) is 2.43. The Morgan fingerprint density at radius 2 is 1.90 bits per heavy atom. The first-order valence-electron chi connectivity index (χ1n) is 5.31. The standard InChI is InChI=1S/C11H9BrN4O4/c12-6-7(11(20)16-15-10(6)19)14-5-3-1-2-4(8(5)17)9(13)18/h1-3,17H,(H2,13,18)(H,16,20)(H2,14,15,19). The number of hydrogen-bond acceptors (Lipinski definition) is 5. The lowest BCUT2D eigenvalue weighted by atomic mass is 10.1. The van der Waals surface area contributed by atoms with Crippen LogP contribution in [-0.2, 0) is 0 Å². The predicted octanol–water partition coefficient (Wildman–Crippen LogP) is 0.374. The van der Waals surface area contributed by atoms with Crippen LogP contribution in [0.1, 0.15) is 10.4 Å². The number of amides is 1. The van der Waals surface area contributed by atoms with Gasteiger partial charge in [0.25, 0.3) is 17.0 Å². The number of anilines is 2. The zero-order chi connectivity index (χ0) is 14.9. The van der Waals surface area contributed by atoms with Gasteiger partial charge in [0.1, 0.15) is 10.2 Å². The average molecular weight is 341 g/mol. The van der Waals surface area contributed by atoms with Crippen LogP contribution in [0.15, 0.2) is 32.3 Å². The molecule has 20 heavy (non-hydrogen) atoms. The number of carbonyl (C=O) groups excluding carboxylic acids is 1. The van der Waals surface area contributed by atoms with Crippen LogP contribution in [0.25, 0.3) is 0 Å². The van der Waals surface area contributed by atoms with Gasteiger partial charge in [-0.1, -0.05) is 6.07 Å².